The van der Waals surface area contributed by atoms with Crippen LogP contribution in [0, 0.1) is 26.9 Å². The van der Waals surface area contributed by atoms with Gasteiger partial charge in [0.2, 0.25) is 5.91 Å². The third kappa shape index (κ3) is 3.52. The summed E-state index contributed by atoms with van der Waals surface area (Å²) < 4.78 is 0. The average Bonchev–Trinajstić information content (AvgIpc) is 2.36. The van der Waals surface area contributed by atoms with Crippen molar-refractivity contribution in [2.24, 2.45) is 11.1 Å². The number of nitrogens with one attached hydrogen (secondary N) is 1. The maximum absolute atomic E-state index is 12.0. The fourth-order valence-corrected chi connectivity index (χ4v) is 1.45. The highest BCUT2D eigenvalue weighted by Crippen LogP contribution is 2.23. The van der Waals surface area contributed by atoms with E-state index in [-0.39, 0.29) is 16.9 Å². The number of benzene rings is 1. The molecule has 0 heterocycles. The maximum Gasteiger partial charge on any atom is 0.270 e. The number of nitro groups is 1. The maximum atomic E-state index is 12.0. The van der Waals surface area contributed by atoms with Crippen LogP contribution in [0.4, 0.5) is 11.4 Å². The Bertz CT molecular complexity index is 584. The molecule has 0 radical (unpaired) electrons. The van der Waals surface area contributed by atoms with Crippen LogP contribution >= 0.6 is 0 Å². The van der Waals surface area contributed by atoms with Crippen molar-refractivity contribution in [2.45, 2.75) is 26.8 Å². The van der Waals surface area contributed by atoms with Crippen LogP contribution in [-0.4, -0.2) is 16.9 Å². The molecule has 0 aliphatic carbocycles. The van der Waals surface area contributed by atoms with Crippen LogP contribution in [0.1, 0.15) is 26.3 Å². The molecule has 3 N–H and O–H groups in total. The number of anilines is 1. The van der Waals surface area contributed by atoms with E-state index in [2.05, 4.69) is 5.32 Å². The van der Waals surface area contributed by atoms with Crippen LogP contribution in [0.2, 0.25) is 0 Å². The number of hydrogen-bond acceptors (Lipinski definition) is 5. The van der Waals surface area contributed by atoms with E-state index >= 15 is 0 Å². The minimum Gasteiger partial charge on any atom is -0.324 e. The number of nitro benzene ring substituents is 1. The van der Waals surface area contributed by atoms with E-state index in [4.69, 9.17) is 11.0 Å². The number of rotatable bonds is 3. The number of non-ortho nitro benzene ring substituents is 1. The molecule has 1 amide bonds. The molecule has 0 saturated carbocycles. The zero-order valence-corrected chi connectivity index (χ0v) is 11.5. The van der Waals surface area contributed by atoms with E-state index in [1.807, 2.05) is 26.8 Å². The van der Waals surface area contributed by atoms with Crippen molar-refractivity contribution >= 4 is 17.3 Å². The second-order valence-corrected chi connectivity index (χ2v) is 5.43. The van der Waals surface area contributed by atoms with Gasteiger partial charge in [0.05, 0.1) is 22.2 Å². The van der Waals surface area contributed by atoms with Crippen molar-refractivity contribution in [3.8, 4) is 6.07 Å². The molecular weight excluding hydrogens is 260 g/mol. The molecule has 7 nitrogen and oxygen atoms in total. The summed E-state index contributed by atoms with van der Waals surface area (Å²) in [5.41, 5.74) is 5.40. The van der Waals surface area contributed by atoms with Gasteiger partial charge in [-0.25, -0.2) is 0 Å². The highest BCUT2D eigenvalue weighted by Gasteiger charge is 2.28. The summed E-state index contributed by atoms with van der Waals surface area (Å²) >= 11 is 0. The molecule has 0 saturated heterocycles. The second-order valence-electron chi connectivity index (χ2n) is 5.43. The Balaban J connectivity index is 3.02. The fourth-order valence-electron chi connectivity index (χ4n) is 1.45. The van der Waals surface area contributed by atoms with Gasteiger partial charge in [0.1, 0.15) is 6.07 Å². The van der Waals surface area contributed by atoms with E-state index in [0.29, 0.717) is 0 Å². The minimum atomic E-state index is -0.760. The average molecular weight is 276 g/mol. The number of nitrogens with two attached hydrogens (primary N) is 1. The molecule has 106 valence electrons. The summed E-state index contributed by atoms with van der Waals surface area (Å²) in [7, 11) is 0. The lowest BCUT2D eigenvalue weighted by molar-refractivity contribution is -0.384. The van der Waals surface area contributed by atoms with E-state index in [0.717, 1.165) is 6.07 Å². The normalized spacial score (nSPS) is 12.3. The van der Waals surface area contributed by atoms with Gasteiger partial charge in [-0.2, -0.15) is 5.26 Å². The number of carbonyl (C=O) groups excluding carboxylic acids is 1. The lowest BCUT2D eigenvalue weighted by Gasteiger charge is -2.25. The minimum absolute atomic E-state index is 0.0219. The predicted molar refractivity (Wildman–Crippen MR) is 73.9 cm³/mol. The zero-order chi connectivity index (χ0) is 15.5. The van der Waals surface area contributed by atoms with Crippen LogP contribution in [0.3, 0.4) is 0 Å². The summed E-state index contributed by atoms with van der Waals surface area (Å²) in [6.45, 7) is 5.45. The van der Waals surface area contributed by atoms with Crippen LogP contribution < -0.4 is 11.1 Å². The smallest absolute Gasteiger partial charge is 0.270 e. The van der Waals surface area contributed by atoms with Gasteiger partial charge < -0.3 is 11.1 Å². The molecule has 7 heteroatoms. The molecule has 0 bridgehead atoms. The Hall–Kier alpha value is -2.46. The van der Waals surface area contributed by atoms with Gasteiger partial charge in [-0.3, -0.25) is 14.9 Å². The van der Waals surface area contributed by atoms with Gasteiger partial charge in [0.25, 0.3) is 5.69 Å². The molecule has 1 aromatic carbocycles. The van der Waals surface area contributed by atoms with Gasteiger partial charge in [-0.1, -0.05) is 20.8 Å². The van der Waals surface area contributed by atoms with Crippen LogP contribution in [0.15, 0.2) is 18.2 Å². The second kappa shape index (κ2) is 5.67. The van der Waals surface area contributed by atoms with Crippen molar-refractivity contribution in [2.75, 3.05) is 5.32 Å². The summed E-state index contributed by atoms with van der Waals surface area (Å²) in [4.78, 5) is 22.0. The Morgan fingerprint density at radius 1 is 1.50 bits per heavy atom. The molecular formula is C13H16N4O3. The summed E-state index contributed by atoms with van der Waals surface area (Å²) in [6.07, 6.45) is 0. The standard InChI is InChI=1S/C13H16N4O3/c1-13(2,3)11(15)12(18)16-10-5-4-9(17(19)20)6-8(10)7-14/h4-6,11H,15H2,1-3H3,(H,16,18). The Morgan fingerprint density at radius 3 is 2.55 bits per heavy atom. The number of nitriles is 1. The highest BCUT2D eigenvalue weighted by atomic mass is 16.6. The number of nitrogens with zero attached hydrogens (tertiary/aromatic N) is 2. The first-order chi connectivity index (χ1) is 9.16. The van der Waals surface area contributed by atoms with Crippen molar-refractivity contribution < 1.29 is 9.72 Å². The van der Waals surface area contributed by atoms with Crippen molar-refractivity contribution in [1.82, 2.24) is 0 Å². The first kappa shape index (κ1) is 15.6. The molecule has 1 atom stereocenters. The van der Waals surface area contributed by atoms with Gasteiger partial charge in [0, 0.05) is 12.1 Å². The van der Waals surface area contributed by atoms with Crippen molar-refractivity contribution in [3.05, 3.63) is 33.9 Å². The lowest BCUT2D eigenvalue weighted by atomic mass is 9.87. The van der Waals surface area contributed by atoms with Gasteiger partial charge in [-0.05, 0) is 11.5 Å². The quantitative estimate of drug-likeness (QED) is 0.643. The first-order valence-electron chi connectivity index (χ1n) is 5.92. The zero-order valence-electron chi connectivity index (χ0n) is 11.5. The van der Waals surface area contributed by atoms with E-state index in [1.54, 1.807) is 0 Å². The Morgan fingerprint density at radius 2 is 2.10 bits per heavy atom. The van der Waals surface area contributed by atoms with Crippen molar-refractivity contribution in [3.63, 3.8) is 0 Å². The summed E-state index contributed by atoms with van der Waals surface area (Å²) in [5.74, 6) is -0.442. The summed E-state index contributed by atoms with van der Waals surface area (Å²) in [6, 6.07) is 4.71. The fraction of sp³-hybridized carbons (Fsp3) is 0.385. The SMILES string of the molecule is CC(C)(C)C(N)C(=O)Nc1ccc([N+](=O)[O-])cc1C#N. The summed E-state index contributed by atoms with van der Waals surface area (Å²) in [5, 5.41) is 22.1. The molecule has 1 rings (SSSR count). The van der Waals surface area contributed by atoms with Gasteiger partial charge in [0.15, 0.2) is 0 Å². The van der Waals surface area contributed by atoms with Crippen LogP contribution in [0.25, 0.3) is 0 Å². The molecule has 0 aromatic heterocycles. The van der Waals surface area contributed by atoms with Crippen LogP contribution in [0.5, 0.6) is 0 Å². The third-order valence-electron chi connectivity index (χ3n) is 2.81. The van der Waals surface area contributed by atoms with Crippen LogP contribution in [-0.2, 0) is 4.79 Å². The topological polar surface area (TPSA) is 122 Å². The number of hydrogen-bond donors (Lipinski definition) is 2. The van der Waals surface area contributed by atoms with Gasteiger partial charge >= 0.3 is 0 Å². The lowest BCUT2D eigenvalue weighted by Crippen LogP contribution is -2.45. The number of carbonyl (C=O) groups is 1. The molecule has 0 aliphatic heterocycles. The van der Waals surface area contributed by atoms with E-state index in [1.165, 1.54) is 12.1 Å². The van der Waals surface area contributed by atoms with Gasteiger partial charge in [-0.15, -0.1) is 0 Å². The molecule has 0 spiro atoms. The highest BCUT2D eigenvalue weighted by molar-refractivity contribution is 5.96. The molecule has 20 heavy (non-hydrogen) atoms. The monoisotopic (exact) mass is 276 g/mol. The third-order valence-corrected chi connectivity index (χ3v) is 2.81. The Kier molecular flexibility index (Phi) is 4.42. The largest absolute Gasteiger partial charge is 0.324 e. The molecule has 0 aliphatic rings. The van der Waals surface area contributed by atoms with E-state index in [9.17, 15) is 14.9 Å². The number of amides is 1. The molecule has 0 fully saturated rings. The molecule has 1 aromatic rings. The molecule has 1 unspecified atom stereocenters. The first-order valence-corrected chi connectivity index (χ1v) is 5.92. The Labute approximate surface area is 116 Å². The van der Waals surface area contributed by atoms with Crippen molar-refractivity contribution in [1.29, 1.82) is 5.26 Å². The predicted octanol–water partition coefficient (Wildman–Crippen LogP) is 1.78. The van der Waals surface area contributed by atoms with E-state index < -0.39 is 22.3 Å².